The Morgan fingerprint density at radius 3 is 2.47 bits per heavy atom. The molecule has 0 spiro atoms. The zero-order valence-corrected chi connectivity index (χ0v) is 12.0. The van der Waals surface area contributed by atoms with Crippen LogP contribution in [0.3, 0.4) is 0 Å². The van der Waals surface area contributed by atoms with Crippen molar-refractivity contribution in [1.29, 1.82) is 0 Å². The van der Waals surface area contributed by atoms with Gasteiger partial charge >= 0.3 is 0 Å². The maximum Gasteiger partial charge on any atom is 0.142 e. The molecule has 2 aromatic carbocycles. The van der Waals surface area contributed by atoms with E-state index in [1.54, 1.807) is 30.3 Å². The van der Waals surface area contributed by atoms with Gasteiger partial charge in [-0.2, -0.15) is 0 Å². The van der Waals surface area contributed by atoms with E-state index in [0.717, 1.165) is 0 Å². The van der Waals surface area contributed by atoms with Crippen LogP contribution in [0.5, 0.6) is 0 Å². The molecule has 19 heavy (non-hydrogen) atoms. The fourth-order valence-corrected chi connectivity index (χ4v) is 2.53. The number of rotatable bonds is 3. The average Bonchev–Trinajstić information content (AvgIpc) is 2.41. The normalized spacial score (nSPS) is 14.2. The van der Waals surface area contributed by atoms with E-state index in [-0.39, 0.29) is 5.82 Å². The summed E-state index contributed by atoms with van der Waals surface area (Å²) in [5.41, 5.74) is 6.22. The SMILES string of the molecule is CCC(N)(c1cccc(F)c1)c1cccc(Br)c1F. The highest BCUT2D eigenvalue weighted by molar-refractivity contribution is 9.10. The molecule has 1 nitrogen and oxygen atoms in total. The molecule has 0 aliphatic rings. The lowest BCUT2D eigenvalue weighted by molar-refractivity contribution is 0.474. The summed E-state index contributed by atoms with van der Waals surface area (Å²) in [6.45, 7) is 1.85. The van der Waals surface area contributed by atoms with E-state index in [0.29, 0.717) is 22.0 Å². The van der Waals surface area contributed by atoms with Crippen LogP contribution in [0.1, 0.15) is 24.5 Å². The zero-order valence-electron chi connectivity index (χ0n) is 10.5. The first-order valence-corrected chi connectivity index (χ1v) is 6.77. The van der Waals surface area contributed by atoms with Gasteiger partial charge in [0.05, 0.1) is 10.0 Å². The minimum Gasteiger partial charge on any atom is -0.318 e. The molecule has 100 valence electrons. The molecule has 0 radical (unpaired) electrons. The maximum atomic E-state index is 14.2. The molecule has 1 atom stereocenters. The van der Waals surface area contributed by atoms with Gasteiger partial charge in [-0.05, 0) is 46.1 Å². The molecule has 0 fully saturated rings. The molecular weight excluding hydrogens is 312 g/mol. The molecule has 2 N–H and O–H groups in total. The Labute approximate surface area is 119 Å². The van der Waals surface area contributed by atoms with Crippen molar-refractivity contribution in [1.82, 2.24) is 0 Å². The summed E-state index contributed by atoms with van der Waals surface area (Å²) in [5, 5.41) is 0. The van der Waals surface area contributed by atoms with Crippen LogP contribution in [-0.2, 0) is 5.54 Å². The van der Waals surface area contributed by atoms with Gasteiger partial charge in [-0.3, -0.25) is 0 Å². The smallest absolute Gasteiger partial charge is 0.142 e. The Hall–Kier alpha value is -1.26. The van der Waals surface area contributed by atoms with Gasteiger partial charge in [0.1, 0.15) is 11.6 Å². The summed E-state index contributed by atoms with van der Waals surface area (Å²) in [5.74, 6) is -0.785. The largest absolute Gasteiger partial charge is 0.318 e. The molecular formula is C15H14BrF2N. The van der Waals surface area contributed by atoms with Crippen molar-refractivity contribution < 1.29 is 8.78 Å². The van der Waals surface area contributed by atoms with Crippen LogP contribution >= 0.6 is 15.9 Å². The fourth-order valence-electron chi connectivity index (χ4n) is 2.16. The lowest BCUT2D eigenvalue weighted by Gasteiger charge is -2.30. The molecule has 0 saturated carbocycles. The van der Waals surface area contributed by atoms with Gasteiger partial charge in [0.15, 0.2) is 0 Å². The molecule has 0 saturated heterocycles. The van der Waals surface area contributed by atoms with Gasteiger partial charge in [-0.15, -0.1) is 0 Å². The molecule has 0 amide bonds. The standard InChI is InChI=1S/C15H14BrF2N/c1-2-15(19,10-5-3-6-11(17)9-10)12-7-4-8-13(16)14(12)18/h3-9H,2,19H2,1H3. The Balaban J connectivity index is 2.63. The monoisotopic (exact) mass is 325 g/mol. The summed E-state index contributed by atoms with van der Waals surface area (Å²) in [6, 6.07) is 11.0. The van der Waals surface area contributed by atoms with Crippen molar-refractivity contribution in [3.05, 3.63) is 69.7 Å². The second-order valence-corrected chi connectivity index (χ2v) is 5.29. The second kappa shape index (κ2) is 5.39. The third-order valence-corrected chi connectivity index (χ3v) is 3.94. The van der Waals surface area contributed by atoms with E-state index >= 15 is 0 Å². The van der Waals surface area contributed by atoms with Crippen LogP contribution < -0.4 is 5.73 Å². The first-order valence-electron chi connectivity index (χ1n) is 5.98. The third kappa shape index (κ3) is 2.55. The Morgan fingerprint density at radius 1 is 1.16 bits per heavy atom. The summed E-state index contributed by atoms with van der Waals surface area (Å²) in [7, 11) is 0. The zero-order chi connectivity index (χ0) is 14.0. The van der Waals surface area contributed by atoms with Crippen LogP contribution in [0, 0.1) is 11.6 Å². The molecule has 2 rings (SSSR count). The van der Waals surface area contributed by atoms with E-state index in [4.69, 9.17) is 5.73 Å². The predicted molar refractivity (Wildman–Crippen MR) is 75.8 cm³/mol. The quantitative estimate of drug-likeness (QED) is 0.892. The van der Waals surface area contributed by atoms with E-state index < -0.39 is 11.4 Å². The van der Waals surface area contributed by atoms with Crippen molar-refractivity contribution >= 4 is 15.9 Å². The molecule has 1 unspecified atom stereocenters. The minimum absolute atomic E-state index is 0.352. The molecule has 4 heteroatoms. The minimum atomic E-state index is -1.05. The average molecular weight is 326 g/mol. The van der Waals surface area contributed by atoms with Crippen molar-refractivity contribution in [3.63, 3.8) is 0 Å². The Morgan fingerprint density at radius 2 is 1.84 bits per heavy atom. The third-order valence-electron chi connectivity index (χ3n) is 3.33. The van der Waals surface area contributed by atoms with E-state index in [1.165, 1.54) is 12.1 Å². The van der Waals surface area contributed by atoms with Gasteiger partial charge < -0.3 is 5.73 Å². The first-order chi connectivity index (χ1) is 8.99. The van der Waals surface area contributed by atoms with E-state index in [2.05, 4.69) is 15.9 Å². The van der Waals surface area contributed by atoms with Crippen molar-refractivity contribution in [2.45, 2.75) is 18.9 Å². The Kier molecular flexibility index (Phi) is 4.02. The van der Waals surface area contributed by atoms with E-state index in [9.17, 15) is 8.78 Å². The maximum absolute atomic E-state index is 14.2. The van der Waals surface area contributed by atoms with Crippen molar-refractivity contribution in [2.24, 2.45) is 5.73 Å². The number of nitrogens with two attached hydrogens (primary N) is 1. The molecule has 2 aromatic rings. The van der Waals surface area contributed by atoms with Crippen LogP contribution in [0.15, 0.2) is 46.9 Å². The highest BCUT2D eigenvalue weighted by atomic mass is 79.9. The summed E-state index contributed by atoms with van der Waals surface area (Å²) in [4.78, 5) is 0. The van der Waals surface area contributed by atoms with Gasteiger partial charge in [0.2, 0.25) is 0 Å². The molecule has 0 aliphatic carbocycles. The van der Waals surface area contributed by atoms with Gasteiger partial charge in [0, 0.05) is 5.56 Å². The number of halogens is 3. The highest BCUT2D eigenvalue weighted by Gasteiger charge is 2.31. The van der Waals surface area contributed by atoms with Gasteiger partial charge in [-0.25, -0.2) is 8.78 Å². The Bertz CT molecular complexity index is 600. The van der Waals surface area contributed by atoms with Crippen molar-refractivity contribution in [3.8, 4) is 0 Å². The number of hydrogen-bond acceptors (Lipinski definition) is 1. The second-order valence-electron chi connectivity index (χ2n) is 4.44. The van der Waals surface area contributed by atoms with Crippen LogP contribution in [0.4, 0.5) is 8.78 Å². The predicted octanol–water partition coefficient (Wildman–Crippen LogP) is 4.34. The summed E-state index contributed by atoms with van der Waals surface area (Å²) < 4.78 is 28.0. The summed E-state index contributed by atoms with van der Waals surface area (Å²) >= 11 is 3.15. The first kappa shape index (κ1) is 14.2. The number of benzene rings is 2. The topological polar surface area (TPSA) is 26.0 Å². The lowest BCUT2D eigenvalue weighted by Crippen LogP contribution is -2.38. The van der Waals surface area contributed by atoms with Gasteiger partial charge in [-0.1, -0.05) is 31.2 Å². The van der Waals surface area contributed by atoms with E-state index in [1.807, 2.05) is 6.92 Å². The molecule has 0 bridgehead atoms. The van der Waals surface area contributed by atoms with Crippen molar-refractivity contribution in [2.75, 3.05) is 0 Å². The lowest BCUT2D eigenvalue weighted by atomic mass is 9.81. The van der Waals surface area contributed by atoms with Gasteiger partial charge in [0.25, 0.3) is 0 Å². The molecule has 0 aromatic heterocycles. The number of hydrogen-bond donors (Lipinski definition) is 1. The molecule has 0 aliphatic heterocycles. The van der Waals surface area contributed by atoms with Crippen LogP contribution in [0.25, 0.3) is 0 Å². The fraction of sp³-hybridized carbons (Fsp3) is 0.200. The summed E-state index contributed by atoms with van der Waals surface area (Å²) in [6.07, 6.45) is 0.462. The molecule has 0 heterocycles. The van der Waals surface area contributed by atoms with Crippen LogP contribution in [-0.4, -0.2) is 0 Å². The highest BCUT2D eigenvalue weighted by Crippen LogP contribution is 2.34. The van der Waals surface area contributed by atoms with Crippen LogP contribution in [0.2, 0.25) is 0 Å².